The Morgan fingerprint density at radius 3 is 2.62 bits per heavy atom. The third kappa shape index (κ3) is 5.46. The van der Waals surface area contributed by atoms with E-state index < -0.39 is 0 Å². The first-order valence-electron chi connectivity index (χ1n) is 10.0. The monoisotopic (exact) mass is 460 g/mol. The van der Waals surface area contributed by atoms with Crippen LogP contribution in [0.25, 0.3) is 17.5 Å². The van der Waals surface area contributed by atoms with E-state index in [0.717, 1.165) is 32.7 Å². The number of hydrogen-bond donors (Lipinski definition) is 1. The van der Waals surface area contributed by atoms with Gasteiger partial charge in [0, 0.05) is 35.2 Å². The normalized spacial score (nSPS) is 11.1. The number of aromatic nitrogens is 3. The highest BCUT2D eigenvalue weighted by Gasteiger charge is 2.13. The van der Waals surface area contributed by atoms with Gasteiger partial charge in [-0.1, -0.05) is 84.0 Å². The molecule has 0 saturated carbocycles. The maximum absolute atomic E-state index is 12.3. The molecule has 32 heavy (non-hydrogen) atoms. The molecule has 160 valence electrons. The average Bonchev–Trinajstić information content (AvgIpc) is 3.18. The van der Waals surface area contributed by atoms with Crippen LogP contribution in [0.5, 0.6) is 0 Å². The number of thioether (sulfide) groups is 1. The highest BCUT2D eigenvalue weighted by molar-refractivity contribution is 7.98. The molecule has 3 aromatic carbocycles. The Morgan fingerprint density at radius 2 is 1.81 bits per heavy atom. The van der Waals surface area contributed by atoms with Crippen LogP contribution < -0.4 is 5.32 Å². The zero-order valence-corrected chi connectivity index (χ0v) is 19.0. The molecule has 4 aromatic rings. The van der Waals surface area contributed by atoms with E-state index in [-0.39, 0.29) is 5.91 Å². The fourth-order valence-electron chi connectivity index (χ4n) is 3.11. The van der Waals surface area contributed by atoms with E-state index >= 15 is 0 Å². The molecule has 0 aliphatic heterocycles. The van der Waals surface area contributed by atoms with Crippen LogP contribution in [0.4, 0.5) is 5.69 Å². The number of halogens is 1. The van der Waals surface area contributed by atoms with Crippen molar-refractivity contribution < 1.29 is 4.79 Å². The molecule has 0 spiro atoms. The number of rotatable bonds is 7. The minimum Gasteiger partial charge on any atom is -0.322 e. The molecule has 0 unspecified atom stereocenters. The Balaban J connectivity index is 1.44. The van der Waals surface area contributed by atoms with Gasteiger partial charge in [-0.05, 0) is 35.4 Å². The van der Waals surface area contributed by atoms with Crippen LogP contribution in [-0.4, -0.2) is 20.7 Å². The van der Waals surface area contributed by atoms with E-state index in [1.165, 1.54) is 6.08 Å². The van der Waals surface area contributed by atoms with Crippen LogP contribution >= 0.6 is 23.4 Å². The molecule has 0 saturated heterocycles. The highest BCUT2D eigenvalue weighted by Crippen LogP contribution is 2.28. The lowest BCUT2D eigenvalue weighted by molar-refractivity contribution is -0.111. The Hall–Kier alpha value is -3.35. The Labute approximate surface area is 196 Å². The predicted octanol–water partition coefficient (Wildman–Crippen LogP) is 6.08. The quantitative estimate of drug-likeness (QED) is 0.268. The van der Waals surface area contributed by atoms with E-state index in [0.29, 0.717) is 11.4 Å². The fraction of sp³-hybridized carbons (Fsp3) is 0.0800. The Kier molecular flexibility index (Phi) is 7.04. The van der Waals surface area contributed by atoms with Gasteiger partial charge < -0.3 is 9.88 Å². The lowest BCUT2D eigenvalue weighted by atomic mass is 10.2. The smallest absolute Gasteiger partial charge is 0.248 e. The summed E-state index contributed by atoms with van der Waals surface area (Å²) >= 11 is 7.83. The summed E-state index contributed by atoms with van der Waals surface area (Å²) in [6.07, 6.45) is 3.30. The van der Waals surface area contributed by atoms with Crippen molar-refractivity contribution in [2.75, 3.05) is 5.32 Å². The summed E-state index contributed by atoms with van der Waals surface area (Å²) in [5.74, 6) is 1.23. The number of amides is 1. The molecule has 0 radical (unpaired) electrons. The van der Waals surface area contributed by atoms with Crippen LogP contribution in [0.15, 0.2) is 90.1 Å². The van der Waals surface area contributed by atoms with E-state index in [4.69, 9.17) is 11.6 Å². The molecular weight excluding hydrogens is 440 g/mol. The molecule has 1 N–H and O–H groups in total. The molecule has 0 fully saturated rings. The second-order valence-corrected chi connectivity index (χ2v) is 8.41. The van der Waals surface area contributed by atoms with Gasteiger partial charge in [-0.3, -0.25) is 4.79 Å². The lowest BCUT2D eigenvalue weighted by Crippen LogP contribution is -2.07. The van der Waals surface area contributed by atoms with Crippen molar-refractivity contribution >= 4 is 41.0 Å². The lowest BCUT2D eigenvalue weighted by Gasteiger charge is -2.07. The number of nitrogens with zero attached hydrogens (tertiary/aromatic N) is 3. The van der Waals surface area contributed by atoms with Crippen molar-refractivity contribution in [2.24, 2.45) is 7.05 Å². The molecule has 1 amide bonds. The maximum atomic E-state index is 12.3. The Bertz CT molecular complexity index is 1250. The molecule has 0 atom stereocenters. The van der Waals surface area contributed by atoms with Gasteiger partial charge in [0.25, 0.3) is 0 Å². The summed E-state index contributed by atoms with van der Waals surface area (Å²) in [5.41, 5.74) is 3.59. The minimum absolute atomic E-state index is 0.194. The molecule has 5 nitrogen and oxygen atoms in total. The van der Waals surface area contributed by atoms with Gasteiger partial charge >= 0.3 is 0 Å². The van der Waals surface area contributed by atoms with Crippen molar-refractivity contribution in [1.82, 2.24) is 14.8 Å². The molecule has 0 bridgehead atoms. The first-order chi connectivity index (χ1) is 15.6. The van der Waals surface area contributed by atoms with Crippen LogP contribution in [0.2, 0.25) is 5.02 Å². The number of carbonyl (C=O) groups is 1. The first kappa shape index (κ1) is 21.9. The number of anilines is 1. The van der Waals surface area contributed by atoms with Gasteiger partial charge in [0.1, 0.15) is 0 Å². The van der Waals surface area contributed by atoms with Crippen molar-refractivity contribution in [3.05, 3.63) is 101 Å². The molecule has 7 heteroatoms. The molecule has 1 aromatic heterocycles. The van der Waals surface area contributed by atoms with Gasteiger partial charge in [-0.2, -0.15) is 0 Å². The van der Waals surface area contributed by atoms with Crippen LogP contribution in [0.3, 0.4) is 0 Å². The van der Waals surface area contributed by atoms with Gasteiger partial charge in [0.15, 0.2) is 11.0 Å². The third-order valence-electron chi connectivity index (χ3n) is 4.76. The van der Waals surface area contributed by atoms with Crippen LogP contribution in [0, 0.1) is 0 Å². The van der Waals surface area contributed by atoms with Crippen molar-refractivity contribution in [3.8, 4) is 11.4 Å². The maximum Gasteiger partial charge on any atom is 0.248 e. The number of benzene rings is 3. The van der Waals surface area contributed by atoms with Crippen LogP contribution in [-0.2, 0) is 17.6 Å². The summed E-state index contributed by atoms with van der Waals surface area (Å²) in [5, 5.41) is 13.1. The summed E-state index contributed by atoms with van der Waals surface area (Å²) in [6.45, 7) is 0. The van der Waals surface area contributed by atoms with E-state index in [9.17, 15) is 4.79 Å². The SMILES string of the molecule is Cn1c(SCc2ccccc2Cl)nnc1-c1cccc(NC(=O)C=Cc2ccccc2)c1. The van der Waals surface area contributed by atoms with Crippen molar-refractivity contribution in [1.29, 1.82) is 0 Å². The standard InChI is InChI=1S/C25H21ClN4OS/c1-30-24(28-29-25(30)32-17-20-10-5-6-13-22(20)26)19-11-7-12-21(16-19)27-23(31)15-14-18-8-3-2-4-9-18/h2-16H,17H2,1H3,(H,27,31). The zero-order valence-electron chi connectivity index (χ0n) is 17.4. The van der Waals surface area contributed by atoms with Gasteiger partial charge in [0.05, 0.1) is 0 Å². The zero-order chi connectivity index (χ0) is 22.3. The van der Waals surface area contributed by atoms with E-state index in [2.05, 4.69) is 15.5 Å². The molecule has 0 aliphatic rings. The molecule has 0 aliphatic carbocycles. The van der Waals surface area contributed by atoms with Crippen LogP contribution in [0.1, 0.15) is 11.1 Å². The van der Waals surface area contributed by atoms with E-state index in [1.807, 2.05) is 90.5 Å². The topological polar surface area (TPSA) is 59.8 Å². The average molecular weight is 461 g/mol. The number of nitrogens with one attached hydrogen (secondary N) is 1. The summed E-state index contributed by atoms with van der Waals surface area (Å²) in [7, 11) is 1.93. The number of hydrogen-bond acceptors (Lipinski definition) is 4. The molecular formula is C25H21ClN4OS. The van der Waals surface area contributed by atoms with E-state index in [1.54, 1.807) is 17.8 Å². The molecule has 4 rings (SSSR count). The highest BCUT2D eigenvalue weighted by atomic mass is 35.5. The second-order valence-electron chi connectivity index (χ2n) is 7.06. The summed E-state index contributed by atoms with van der Waals surface area (Å²) in [6, 6.07) is 25.0. The second kappa shape index (κ2) is 10.3. The van der Waals surface area contributed by atoms with Crippen molar-refractivity contribution in [2.45, 2.75) is 10.9 Å². The molecule has 1 heterocycles. The predicted molar refractivity (Wildman–Crippen MR) is 132 cm³/mol. The third-order valence-corrected chi connectivity index (χ3v) is 6.20. The summed E-state index contributed by atoms with van der Waals surface area (Å²) < 4.78 is 1.94. The number of carbonyl (C=O) groups excluding carboxylic acids is 1. The van der Waals surface area contributed by atoms with Gasteiger partial charge in [-0.25, -0.2) is 0 Å². The minimum atomic E-state index is -0.194. The van der Waals surface area contributed by atoms with Crippen molar-refractivity contribution in [3.63, 3.8) is 0 Å². The first-order valence-corrected chi connectivity index (χ1v) is 11.4. The van der Waals surface area contributed by atoms with Gasteiger partial charge in [0.2, 0.25) is 5.91 Å². The summed E-state index contributed by atoms with van der Waals surface area (Å²) in [4.78, 5) is 12.3. The fourth-order valence-corrected chi connectivity index (χ4v) is 4.30. The van der Waals surface area contributed by atoms with Gasteiger partial charge in [-0.15, -0.1) is 10.2 Å². The Morgan fingerprint density at radius 1 is 1.03 bits per heavy atom. The largest absolute Gasteiger partial charge is 0.322 e.